The number of nitrogens with zero attached hydrogens (tertiary/aromatic N) is 5. The van der Waals surface area contributed by atoms with Gasteiger partial charge in [0.05, 0.1) is 16.9 Å². The number of benzene rings is 1. The van der Waals surface area contributed by atoms with E-state index in [1.54, 1.807) is 29.9 Å². The van der Waals surface area contributed by atoms with Gasteiger partial charge in [0.1, 0.15) is 16.4 Å². The van der Waals surface area contributed by atoms with Gasteiger partial charge in [0.2, 0.25) is 0 Å². The van der Waals surface area contributed by atoms with Crippen molar-refractivity contribution in [1.82, 2.24) is 24.8 Å². The summed E-state index contributed by atoms with van der Waals surface area (Å²) < 4.78 is 0. The zero-order valence-electron chi connectivity index (χ0n) is 22.4. The Bertz CT molecular complexity index is 1460. The molecule has 196 valence electrons. The van der Waals surface area contributed by atoms with Gasteiger partial charge in [-0.2, -0.15) is 0 Å². The highest BCUT2D eigenvalue weighted by atomic mass is 32.1. The van der Waals surface area contributed by atoms with Gasteiger partial charge in [0, 0.05) is 47.7 Å². The Labute approximate surface area is 232 Å². The third-order valence-corrected chi connectivity index (χ3v) is 10.2. The molecule has 4 aromatic rings. The second-order valence-electron chi connectivity index (χ2n) is 11.8. The number of hydrogen-bond donors (Lipinski definition) is 0. The lowest BCUT2D eigenvalue weighted by molar-refractivity contribution is 0.0708. The van der Waals surface area contributed by atoms with E-state index in [1.807, 2.05) is 10.3 Å². The smallest absolute Gasteiger partial charge is 0.273 e. The van der Waals surface area contributed by atoms with E-state index in [-0.39, 0.29) is 16.7 Å². The number of thiazole rings is 2. The molecule has 4 heterocycles. The molecule has 1 aliphatic heterocycles. The van der Waals surface area contributed by atoms with Crippen LogP contribution < -0.4 is 0 Å². The minimum atomic E-state index is -0.00531. The molecule has 0 radical (unpaired) electrons. The molecule has 1 fully saturated rings. The quantitative estimate of drug-likeness (QED) is 0.275. The van der Waals surface area contributed by atoms with Crippen LogP contribution in [0.4, 0.5) is 0 Å². The fourth-order valence-electron chi connectivity index (χ4n) is 5.75. The van der Waals surface area contributed by atoms with Crippen molar-refractivity contribution in [1.29, 1.82) is 0 Å². The number of hydrogen-bond acceptors (Lipinski definition) is 7. The molecule has 0 spiro atoms. The second kappa shape index (κ2) is 9.65. The Morgan fingerprint density at radius 1 is 0.921 bits per heavy atom. The van der Waals surface area contributed by atoms with Gasteiger partial charge >= 0.3 is 0 Å². The summed E-state index contributed by atoms with van der Waals surface area (Å²) >= 11 is 3.19. The molecular weight excluding hydrogens is 510 g/mol. The van der Waals surface area contributed by atoms with E-state index < -0.39 is 0 Å². The Hall–Kier alpha value is -2.97. The largest absolute Gasteiger partial charge is 0.337 e. The molecule has 0 saturated carbocycles. The maximum atomic E-state index is 13.1. The number of likely N-dealkylation sites (tertiary alicyclic amines) is 1. The maximum Gasteiger partial charge on any atom is 0.273 e. The molecule has 6 nitrogen and oxygen atoms in total. The maximum absolute atomic E-state index is 13.1. The van der Waals surface area contributed by atoms with Crippen LogP contribution >= 0.6 is 22.7 Å². The molecule has 38 heavy (non-hydrogen) atoms. The van der Waals surface area contributed by atoms with Crippen LogP contribution in [0.15, 0.2) is 47.5 Å². The molecule has 6 rings (SSSR count). The van der Waals surface area contributed by atoms with Crippen LogP contribution in [0.5, 0.6) is 0 Å². The van der Waals surface area contributed by atoms with Gasteiger partial charge in [-0.15, -0.1) is 22.7 Å². The predicted octanol–water partition coefficient (Wildman–Crippen LogP) is 7.09. The highest BCUT2D eigenvalue weighted by Gasteiger charge is 2.37. The van der Waals surface area contributed by atoms with Crippen molar-refractivity contribution in [3.8, 4) is 22.0 Å². The van der Waals surface area contributed by atoms with E-state index in [0.29, 0.717) is 17.3 Å². The molecule has 0 N–H and O–H groups in total. The van der Waals surface area contributed by atoms with E-state index in [2.05, 4.69) is 66.2 Å². The van der Waals surface area contributed by atoms with Crippen molar-refractivity contribution in [2.75, 3.05) is 13.1 Å². The average molecular weight is 544 g/mol. The van der Waals surface area contributed by atoms with Crippen molar-refractivity contribution in [2.24, 2.45) is 0 Å². The van der Waals surface area contributed by atoms with Gasteiger partial charge in [-0.05, 0) is 53.7 Å². The lowest BCUT2D eigenvalue weighted by atomic mass is 9.63. The van der Waals surface area contributed by atoms with Crippen molar-refractivity contribution >= 4 is 28.6 Å². The summed E-state index contributed by atoms with van der Waals surface area (Å²) in [5, 5.41) is 5.94. The summed E-state index contributed by atoms with van der Waals surface area (Å²) in [7, 11) is 0. The predicted molar refractivity (Wildman–Crippen MR) is 154 cm³/mol. The van der Waals surface area contributed by atoms with Gasteiger partial charge in [-0.1, -0.05) is 39.8 Å². The van der Waals surface area contributed by atoms with Crippen LogP contribution in [0.2, 0.25) is 0 Å². The van der Waals surface area contributed by atoms with Crippen molar-refractivity contribution in [3.05, 3.63) is 69.4 Å². The average Bonchev–Trinajstić information content (AvgIpc) is 3.62. The molecule has 0 atom stereocenters. The van der Waals surface area contributed by atoms with Crippen LogP contribution in [-0.2, 0) is 10.8 Å². The summed E-state index contributed by atoms with van der Waals surface area (Å²) in [6.07, 6.45) is 9.22. The topological polar surface area (TPSA) is 71.9 Å². The standard InChI is InChI=1S/C30H33N5OS2/c1-29(2)9-10-30(3,4)22-15-20(5-6-21(22)29)24-17-37-26(33-24)19-7-13-35(14-8-19)28(36)25-18-38-27(34-25)23-16-31-11-12-32-23/h5-6,11-12,15-19H,7-10,13-14H2,1-4H3. The molecule has 1 saturated heterocycles. The summed E-state index contributed by atoms with van der Waals surface area (Å²) in [5.41, 5.74) is 6.83. The number of carbonyl (C=O) groups is 1. The summed E-state index contributed by atoms with van der Waals surface area (Å²) in [6, 6.07) is 6.98. The summed E-state index contributed by atoms with van der Waals surface area (Å²) in [6.45, 7) is 10.9. The number of aromatic nitrogens is 4. The van der Waals surface area contributed by atoms with Crippen LogP contribution in [0, 0.1) is 0 Å². The first-order chi connectivity index (χ1) is 18.2. The molecule has 1 aromatic carbocycles. The monoisotopic (exact) mass is 543 g/mol. The van der Waals surface area contributed by atoms with Crippen LogP contribution in [0.1, 0.15) is 85.9 Å². The molecule has 0 bridgehead atoms. The number of carbonyl (C=O) groups excluding carboxylic acids is 1. The molecule has 1 amide bonds. The third-order valence-electron chi connectivity index (χ3n) is 8.31. The van der Waals surface area contributed by atoms with E-state index in [0.717, 1.165) is 36.6 Å². The van der Waals surface area contributed by atoms with E-state index in [9.17, 15) is 4.79 Å². The zero-order chi connectivity index (χ0) is 26.5. The Kier molecular flexibility index (Phi) is 6.43. The van der Waals surface area contributed by atoms with Crippen LogP contribution in [-0.4, -0.2) is 43.8 Å². The van der Waals surface area contributed by atoms with Crippen molar-refractivity contribution < 1.29 is 4.79 Å². The minimum Gasteiger partial charge on any atom is -0.337 e. The van der Waals surface area contributed by atoms with Crippen molar-refractivity contribution in [2.45, 2.75) is 70.1 Å². The Balaban J connectivity index is 1.13. The first-order valence-corrected chi connectivity index (χ1v) is 15.1. The zero-order valence-corrected chi connectivity index (χ0v) is 24.0. The normalized spacial score (nSPS) is 18.8. The fraction of sp³-hybridized carbons (Fsp3) is 0.433. The number of fused-ring (bicyclic) bond motifs is 1. The lowest BCUT2D eigenvalue weighted by Gasteiger charge is -2.42. The van der Waals surface area contributed by atoms with Gasteiger partial charge in [0.15, 0.2) is 0 Å². The number of amides is 1. The minimum absolute atomic E-state index is 0.00531. The number of piperidine rings is 1. The van der Waals surface area contributed by atoms with E-state index in [1.165, 1.54) is 45.9 Å². The van der Waals surface area contributed by atoms with Gasteiger partial charge < -0.3 is 4.90 Å². The van der Waals surface area contributed by atoms with Crippen LogP contribution in [0.3, 0.4) is 0 Å². The first kappa shape index (κ1) is 25.3. The van der Waals surface area contributed by atoms with Gasteiger partial charge in [-0.3, -0.25) is 14.8 Å². The van der Waals surface area contributed by atoms with Crippen LogP contribution in [0.25, 0.3) is 22.0 Å². The SMILES string of the molecule is CC1(C)CCC(C)(C)c2cc(-c3csc(C4CCN(C(=O)c5csc(-c6cnccn6)n5)CC4)n3)ccc21. The first-order valence-electron chi connectivity index (χ1n) is 13.3. The second-order valence-corrected chi connectivity index (χ2v) is 13.5. The van der Waals surface area contributed by atoms with Gasteiger partial charge in [-0.25, -0.2) is 9.97 Å². The lowest BCUT2D eigenvalue weighted by Crippen LogP contribution is -2.38. The summed E-state index contributed by atoms with van der Waals surface area (Å²) in [4.78, 5) is 33.1. The number of rotatable bonds is 4. The Morgan fingerprint density at radius 2 is 1.68 bits per heavy atom. The van der Waals surface area contributed by atoms with Gasteiger partial charge in [0.25, 0.3) is 5.91 Å². The highest BCUT2D eigenvalue weighted by Crippen LogP contribution is 2.47. The van der Waals surface area contributed by atoms with E-state index >= 15 is 0 Å². The van der Waals surface area contributed by atoms with Crippen molar-refractivity contribution in [3.63, 3.8) is 0 Å². The fourth-order valence-corrected chi connectivity index (χ4v) is 7.50. The molecule has 2 aliphatic rings. The molecule has 3 aromatic heterocycles. The molecular formula is C30H33N5OS2. The highest BCUT2D eigenvalue weighted by molar-refractivity contribution is 7.13. The van der Waals surface area contributed by atoms with E-state index in [4.69, 9.17) is 4.98 Å². The Morgan fingerprint density at radius 3 is 2.42 bits per heavy atom. The molecule has 8 heteroatoms. The molecule has 1 aliphatic carbocycles. The third kappa shape index (κ3) is 4.69. The molecule has 0 unspecified atom stereocenters. The summed E-state index contributed by atoms with van der Waals surface area (Å²) in [5.74, 6) is 0.380.